The number of nitrogens with zero attached hydrogens (tertiary/aromatic N) is 3. The van der Waals surface area contributed by atoms with Gasteiger partial charge < -0.3 is 9.47 Å². The number of thioether (sulfide) groups is 1. The van der Waals surface area contributed by atoms with Gasteiger partial charge in [-0.1, -0.05) is 35.5 Å². The number of hydrogen-bond donors (Lipinski definition) is 0. The molecule has 0 N–H and O–H groups in total. The molecular formula is C20H23N3O2S. The molecule has 0 fully saturated rings. The fourth-order valence-electron chi connectivity index (χ4n) is 2.63. The first-order valence-corrected chi connectivity index (χ1v) is 9.59. The highest BCUT2D eigenvalue weighted by molar-refractivity contribution is 7.99. The molecule has 1 aromatic heterocycles. The number of hydrogen-bond acceptors (Lipinski definition) is 5. The standard InChI is InChI=1S/C20H23N3O2S/c1-4-25-12-13-26-20-22-21-19(16-7-5-6-15(2)14-16)23(20)17-8-10-18(24-3)11-9-17/h5-11,14H,4,12-13H2,1-3H3. The van der Waals surface area contributed by atoms with Gasteiger partial charge in [0.1, 0.15) is 5.75 Å². The van der Waals surface area contributed by atoms with Crippen molar-refractivity contribution in [2.45, 2.75) is 19.0 Å². The summed E-state index contributed by atoms with van der Waals surface area (Å²) in [5.74, 6) is 2.48. The zero-order valence-electron chi connectivity index (χ0n) is 15.3. The van der Waals surface area contributed by atoms with Crippen molar-refractivity contribution in [3.05, 3.63) is 54.1 Å². The Labute approximate surface area is 158 Å². The average molecular weight is 369 g/mol. The van der Waals surface area contributed by atoms with Crippen LogP contribution in [0.25, 0.3) is 17.1 Å². The Morgan fingerprint density at radius 1 is 1.08 bits per heavy atom. The third-order valence-corrected chi connectivity index (χ3v) is 4.80. The molecule has 0 aliphatic heterocycles. The second kappa shape index (κ2) is 8.87. The highest BCUT2D eigenvalue weighted by Gasteiger charge is 2.16. The normalized spacial score (nSPS) is 10.9. The monoisotopic (exact) mass is 369 g/mol. The molecule has 6 heteroatoms. The lowest BCUT2D eigenvalue weighted by Crippen LogP contribution is -2.02. The lowest BCUT2D eigenvalue weighted by atomic mass is 10.1. The van der Waals surface area contributed by atoms with Crippen LogP contribution in [0.3, 0.4) is 0 Å². The summed E-state index contributed by atoms with van der Waals surface area (Å²) in [7, 11) is 1.67. The van der Waals surface area contributed by atoms with Crippen molar-refractivity contribution < 1.29 is 9.47 Å². The van der Waals surface area contributed by atoms with E-state index in [0.29, 0.717) is 6.61 Å². The molecule has 0 aliphatic rings. The summed E-state index contributed by atoms with van der Waals surface area (Å²) in [6.45, 7) is 5.49. The van der Waals surface area contributed by atoms with Gasteiger partial charge in [-0.05, 0) is 44.2 Å². The Morgan fingerprint density at radius 3 is 2.58 bits per heavy atom. The number of ether oxygens (including phenoxy) is 2. The summed E-state index contributed by atoms with van der Waals surface area (Å²) in [6.07, 6.45) is 0. The molecule has 0 atom stereocenters. The van der Waals surface area contributed by atoms with E-state index in [4.69, 9.17) is 9.47 Å². The number of benzene rings is 2. The first-order chi connectivity index (χ1) is 12.7. The van der Waals surface area contributed by atoms with Crippen molar-refractivity contribution in [2.24, 2.45) is 0 Å². The second-order valence-electron chi connectivity index (χ2n) is 5.75. The summed E-state index contributed by atoms with van der Waals surface area (Å²) in [6, 6.07) is 16.2. The van der Waals surface area contributed by atoms with Crippen LogP contribution in [0.15, 0.2) is 53.7 Å². The Balaban J connectivity index is 1.99. The molecule has 0 aliphatic carbocycles. The zero-order valence-corrected chi connectivity index (χ0v) is 16.1. The van der Waals surface area contributed by atoms with E-state index in [-0.39, 0.29) is 0 Å². The van der Waals surface area contributed by atoms with Gasteiger partial charge in [0, 0.05) is 23.6 Å². The summed E-state index contributed by atoms with van der Waals surface area (Å²) < 4.78 is 12.8. The summed E-state index contributed by atoms with van der Waals surface area (Å²) in [4.78, 5) is 0. The summed E-state index contributed by atoms with van der Waals surface area (Å²) in [5.41, 5.74) is 3.24. The van der Waals surface area contributed by atoms with Gasteiger partial charge in [-0.3, -0.25) is 4.57 Å². The van der Waals surface area contributed by atoms with Crippen LogP contribution in [-0.4, -0.2) is 40.8 Å². The molecule has 136 valence electrons. The van der Waals surface area contributed by atoms with E-state index in [2.05, 4.69) is 39.9 Å². The van der Waals surface area contributed by atoms with Crippen molar-refractivity contribution in [2.75, 3.05) is 26.1 Å². The van der Waals surface area contributed by atoms with Gasteiger partial charge >= 0.3 is 0 Å². The molecule has 3 aromatic rings. The Morgan fingerprint density at radius 2 is 1.88 bits per heavy atom. The van der Waals surface area contributed by atoms with E-state index in [1.54, 1.807) is 18.9 Å². The fraction of sp³-hybridized carbons (Fsp3) is 0.300. The molecule has 3 rings (SSSR count). The fourth-order valence-corrected chi connectivity index (χ4v) is 3.44. The van der Waals surface area contributed by atoms with E-state index in [0.717, 1.165) is 40.3 Å². The van der Waals surface area contributed by atoms with Gasteiger partial charge in [-0.15, -0.1) is 10.2 Å². The van der Waals surface area contributed by atoms with Crippen LogP contribution >= 0.6 is 11.8 Å². The molecule has 0 saturated heterocycles. The van der Waals surface area contributed by atoms with Gasteiger partial charge in [0.2, 0.25) is 0 Å². The molecule has 0 unspecified atom stereocenters. The molecule has 2 aromatic carbocycles. The molecule has 5 nitrogen and oxygen atoms in total. The summed E-state index contributed by atoms with van der Waals surface area (Å²) >= 11 is 1.64. The van der Waals surface area contributed by atoms with Gasteiger partial charge in [-0.25, -0.2) is 0 Å². The predicted molar refractivity (Wildman–Crippen MR) is 105 cm³/mol. The van der Waals surface area contributed by atoms with E-state index < -0.39 is 0 Å². The van der Waals surface area contributed by atoms with Crippen LogP contribution in [0, 0.1) is 6.92 Å². The molecule has 0 spiro atoms. The van der Waals surface area contributed by atoms with E-state index in [9.17, 15) is 0 Å². The van der Waals surface area contributed by atoms with Crippen molar-refractivity contribution in [1.82, 2.24) is 14.8 Å². The lowest BCUT2D eigenvalue weighted by Gasteiger charge is -2.11. The van der Waals surface area contributed by atoms with Crippen molar-refractivity contribution in [3.63, 3.8) is 0 Å². The van der Waals surface area contributed by atoms with Gasteiger partial charge in [0.15, 0.2) is 11.0 Å². The molecule has 26 heavy (non-hydrogen) atoms. The third-order valence-electron chi connectivity index (χ3n) is 3.90. The maximum absolute atomic E-state index is 5.44. The first kappa shape index (κ1) is 18.5. The molecule has 0 radical (unpaired) electrons. The number of aryl methyl sites for hydroxylation is 1. The second-order valence-corrected chi connectivity index (χ2v) is 6.82. The number of rotatable bonds is 8. The molecule has 0 amide bonds. The molecule has 0 saturated carbocycles. The van der Waals surface area contributed by atoms with Crippen LogP contribution in [-0.2, 0) is 4.74 Å². The van der Waals surface area contributed by atoms with Crippen LogP contribution in [0.2, 0.25) is 0 Å². The lowest BCUT2D eigenvalue weighted by molar-refractivity contribution is 0.164. The van der Waals surface area contributed by atoms with E-state index in [1.165, 1.54) is 5.56 Å². The maximum atomic E-state index is 5.44. The van der Waals surface area contributed by atoms with E-state index >= 15 is 0 Å². The van der Waals surface area contributed by atoms with Crippen LogP contribution in [0.5, 0.6) is 5.75 Å². The molecular weight excluding hydrogens is 346 g/mol. The SMILES string of the molecule is CCOCCSc1nnc(-c2cccc(C)c2)n1-c1ccc(OC)cc1. The average Bonchev–Trinajstić information content (AvgIpc) is 3.09. The van der Waals surface area contributed by atoms with Crippen molar-refractivity contribution in [3.8, 4) is 22.8 Å². The maximum Gasteiger partial charge on any atom is 0.196 e. The predicted octanol–water partition coefficient (Wildman–Crippen LogP) is 4.38. The smallest absolute Gasteiger partial charge is 0.196 e. The Kier molecular flexibility index (Phi) is 6.30. The quantitative estimate of drug-likeness (QED) is 0.436. The number of methoxy groups -OCH3 is 1. The zero-order chi connectivity index (χ0) is 18.4. The first-order valence-electron chi connectivity index (χ1n) is 8.60. The third kappa shape index (κ3) is 4.26. The number of aromatic nitrogens is 3. The Bertz CT molecular complexity index is 847. The van der Waals surface area contributed by atoms with Crippen LogP contribution < -0.4 is 4.74 Å². The summed E-state index contributed by atoms with van der Waals surface area (Å²) in [5, 5.41) is 9.75. The minimum Gasteiger partial charge on any atom is -0.497 e. The highest BCUT2D eigenvalue weighted by atomic mass is 32.2. The highest BCUT2D eigenvalue weighted by Crippen LogP contribution is 2.29. The van der Waals surface area contributed by atoms with Crippen molar-refractivity contribution in [1.29, 1.82) is 0 Å². The van der Waals surface area contributed by atoms with Crippen LogP contribution in [0.4, 0.5) is 0 Å². The minimum atomic E-state index is 0.691. The molecule has 0 bridgehead atoms. The largest absolute Gasteiger partial charge is 0.497 e. The topological polar surface area (TPSA) is 49.2 Å². The van der Waals surface area contributed by atoms with Crippen molar-refractivity contribution >= 4 is 11.8 Å². The van der Waals surface area contributed by atoms with Gasteiger partial charge in [0.25, 0.3) is 0 Å². The minimum absolute atomic E-state index is 0.691. The van der Waals surface area contributed by atoms with E-state index in [1.807, 2.05) is 37.3 Å². The van der Waals surface area contributed by atoms with Gasteiger partial charge in [-0.2, -0.15) is 0 Å². The Hall–Kier alpha value is -2.31. The molecule has 1 heterocycles. The van der Waals surface area contributed by atoms with Crippen LogP contribution in [0.1, 0.15) is 12.5 Å². The van der Waals surface area contributed by atoms with Gasteiger partial charge in [0.05, 0.1) is 13.7 Å².